The smallest absolute Gasteiger partial charge is 0.200 e. The third-order valence-corrected chi connectivity index (χ3v) is 3.19. The highest BCUT2D eigenvalue weighted by atomic mass is 79.9. The molecule has 104 valence electrons. The van der Waals surface area contributed by atoms with Crippen molar-refractivity contribution in [2.24, 2.45) is 0 Å². The monoisotopic (exact) mass is 338 g/mol. The number of Topliss-reactive ketones (excluding diaryl/α,β-unsaturated/α-hetero) is 1. The highest BCUT2D eigenvalue weighted by Crippen LogP contribution is 2.19. The summed E-state index contributed by atoms with van der Waals surface area (Å²) in [5.41, 5.74) is 0.250. The lowest BCUT2D eigenvalue weighted by molar-refractivity contribution is 0.0921. The molecular formula is C15H12BrFO3. The molecule has 0 unspecified atom stereocenters. The summed E-state index contributed by atoms with van der Waals surface area (Å²) in [7, 11) is 1.37. The zero-order valence-corrected chi connectivity index (χ0v) is 12.3. The van der Waals surface area contributed by atoms with E-state index in [4.69, 9.17) is 9.47 Å². The quantitative estimate of drug-likeness (QED) is 0.776. The summed E-state index contributed by atoms with van der Waals surface area (Å²) in [6, 6.07) is 11.2. The van der Waals surface area contributed by atoms with Crippen molar-refractivity contribution in [2.45, 2.75) is 0 Å². The predicted octanol–water partition coefficient (Wildman–Crippen LogP) is 3.86. The largest absolute Gasteiger partial charge is 0.494 e. The SMILES string of the molecule is COc1ccc(C(=O)COc2ccc(Br)cc2)cc1F. The first-order valence-electron chi connectivity index (χ1n) is 5.85. The van der Waals surface area contributed by atoms with Gasteiger partial charge in [-0.05, 0) is 42.5 Å². The molecule has 0 bridgehead atoms. The standard InChI is InChI=1S/C15H12BrFO3/c1-19-15-7-2-10(8-13(15)17)14(18)9-20-12-5-3-11(16)4-6-12/h2-8H,9H2,1H3. The van der Waals surface area contributed by atoms with E-state index in [1.54, 1.807) is 12.1 Å². The number of rotatable bonds is 5. The fourth-order valence-corrected chi connectivity index (χ4v) is 1.87. The summed E-state index contributed by atoms with van der Waals surface area (Å²) in [4.78, 5) is 11.9. The van der Waals surface area contributed by atoms with Crippen LogP contribution in [0.5, 0.6) is 11.5 Å². The van der Waals surface area contributed by atoms with Crippen LogP contribution in [0.3, 0.4) is 0 Å². The van der Waals surface area contributed by atoms with Crippen molar-refractivity contribution in [3.63, 3.8) is 0 Å². The molecule has 20 heavy (non-hydrogen) atoms. The Balaban J connectivity index is 2.01. The summed E-state index contributed by atoms with van der Waals surface area (Å²) in [5.74, 6) is -0.178. The maximum atomic E-state index is 13.5. The van der Waals surface area contributed by atoms with E-state index < -0.39 is 5.82 Å². The number of benzene rings is 2. The summed E-state index contributed by atoms with van der Waals surface area (Å²) < 4.78 is 24.6. The maximum absolute atomic E-state index is 13.5. The van der Waals surface area contributed by atoms with Crippen LogP contribution in [0, 0.1) is 5.82 Å². The molecule has 2 aromatic rings. The first-order chi connectivity index (χ1) is 9.60. The van der Waals surface area contributed by atoms with Gasteiger partial charge in [0.1, 0.15) is 5.75 Å². The highest BCUT2D eigenvalue weighted by Gasteiger charge is 2.11. The molecule has 3 nitrogen and oxygen atoms in total. The second-order valence-electron chi connectivity index (χ2n) is 4.02. The lowest BCUT2D eigenvalue weighted by Crippen LogP contribution is -2.12. The fraction of sp³-hybridized carbons (Fsp3) is 0.133. The van der Waals surface area contributed by atoms with Crippen LogP contribution in [-0.2, 0) is 0 Å². The number of methoxy groups -OCH3 is 1. The van der Waals surface area contributed by atoms with Crippen molar-refractivity contribution in [3.8, 4) is 11.5 Å². The average molecular weight is 339 g/mol. The zero-order valence-electron chi connectivity index (χ0n) is 10.7. The fourth-order valence-electron chi connectivity index (χ4n) is 1.60. The summed E-state index contributed by atoms with van der Waals surface area (Å²) in [5, 5.41) is 0. The van der Waals surface area contributed by atoms with Crippen molar-refractivity contribution in [3.05, 3.63) is 58.3 Å². The van der Waals surface area contributed by atoms with E-state index in [0.29, 0.717) is 5.75 Å². The van der Waals surface area contributed by atoms with Crippen molar-refractivity contribution >= 4 is 21.7 Å². The van der Waals surface area contributed by atoms with Gasteiger partial charge in [0.05, 0.1) is 7.11 Å². The Kier molecular flexibility index (Phi) is 4.74. The van der Waals surface area contributed by atoms with Gasteiger partial charge in [0.25, 0.3) is 0 Å². The molecule has 0 amide bonds. The van der Waals surface area contributed by atoms with E-state index in [0.717, 1.165) is 10.5 Å². The van der Waals surface area contributed by atoms with Gasteiger partial charge < -0.3 is 9.47 Å². The molecule has 5 heteroatoms. The Bertz CT molecular complexity index is 611. The lowest BCUT2D eigenvalue weighted by atomic mass is 10.1. The molecule has 0 saturated carbocycles. The third-order valence-electron chi connectivity index (χ3n) is 2.66. The number of hydrogen-bond donors (Lipinski definition) is 0. The van der Waals surface area contributed by atoms with Crippen LogP contribution in [0.15, 0.2) is 46.9 Å². The second kappa shape index (κ2) is 6.52. The first-order valence-corrected chi connectivity index (χ1v) is 6.64. The van der Waals surface area contributed by atoms with Crippen molar-refractivity contribution < 1.29 is 18.7 Å². The molecule has 2 aromatic carbocycles. The maximum Gasteiger partial charge on any atom is 0.200 e. The van der Waals surface area contributed by atoms with E-state index in [1.165, 1.54) is 19.2 Å². The van der Waals surface area contributed by atoms with Gasteiger partial charge >= 0.3 is 0 Å². The molecule has 0 spiro atoms. The van der Waals surface area contributed by atoms with Crippen molar-refractivity contribution in [2.75, 3.05) is 13.7 Å². The van der Waals surface area contributed by atoms with Crippen LogP contribution < -0.4 is 9.47 Å². The van der Waals surface area contributed by atoms with Crippen LogP contribution >= 0.6 is 15.9 Å². The summed E-state index contributed by atoms with van der Waals surface area (Å²) in [6.45, 7) is -0.145. The number of halogens is 2. The topological polar surface area (TPSA) is 35.5 Å². The van der Waals surface area contributed by atoms with E-state index in [9.17, 15) is 9.18 Å². The normalized spacial score (nSPS) is 10.2. The Morgan fingerprint density at radius 3 is 2.50 bits per heavy atom. The average Bonchev–Trinajstić information content (AvgIpc) is 2.46. The van der Waals surface area contributed by atoms with Gasteiger partial charge in [-0.15, -0.1) is 0 Å². The molecule has 0 heterocycles. The van der Waals surface area contributed by atoms with Gasteiger partial charge in [-0.3, -0.25) is 4.79 Å². The van der Waals surface area contributed by atoms with E-state index >= 15 is 0 Å². The minimum Gasteiger partial charge on any atom is -0.494 e. The Morgan fingerprint density at radius 1 is 1.20 bits per heavy atom. The minimum absolute atomic E-state index is 0.107. The number of carbonyl (C=O) groups is 1. The van der Waals surface area contributed by atoms with Crippen molar-refractivity contribution in [1.29, 1.82) is 0 Å². The van der Waals surface area contributed by atoms with E-state index in [1.807, 2.05) is 12.1 Å². The minimum atomic E-state index is -0.568. The molecule has 2 rings (SSSR count). The zero-order chi connectivity index (χ0) is 14.5. The molecule has 0 aliphatic rings. The number of carbonyl (C=O) groups excluding carboxylic acids is 1. The molecule has 0 N–H and O–H groups in total. The molecule has 0 aromatic heterocycles. The molecular weight excluding hydrogens is 327 g/mol. The van der Waals surface area contributed by atoms with Gasteiger partial charge in [-0.1, -0.05) is 15.9 Å². The molecule has 0 radical (unpaired) electrons. The molecule has 0 aliphatic carbocycles. The number of hydrogen-bond acceptors (Lipinski definition) is 3. The number of ketones is 1. The molecule has 0 saturated heterocycles. The highest BCUT2D eigenvalue weighted by molar-refractivity contribution is 9.10. The number of ether oxygens (including phenoxy) is 2. The summed E-state index contributed by atoms with van der Waals surface area (Å²) >= 11 is 3.31. The van der Waals surface area contributed by atoms with Crippen molar-refractivity contribution in [1.82, 2.24) is 0 Å². The van der Waals surface area contributed by atoms with Gasteiger partial charge in [0, 0.05) is 10.0 Å². The van der Waals surface area contributed by atoms with E-state index in [-0.39, 0.29) is 23.7 Å². The van der Waals surface area contributed by atoms with Gasteiger partial charge in [0.15, 0.2) is 24.0 Å². The Labute approximate surface area is 124 Å². The van der Waals surface area contributed by atoms with Gasteiger partial charge in [-0.25, -0.2) is 4.39 Å². The Morgan fingerprint density at radius 2 is 1.90 bits per heavy atom. The van der Waals surface area contributed by atoms with Crippen LogP contribution in [0.2, 0.25) is 0 Å². The van der Waals surface area contributed by atoms with Crippen LogP contribution in [0.1, 0.15) is 10.4 Å². The van der Waals surface area contributed by atoms with E-state index in [2.05, 4.69) is 15.9 Å². The predicted molar refractivity (Wildman–Crippen MR) is 76.9 cm³/mol. The first kappa shape index (κ1) is 14.5. The second-order valence-corrected chi connectivity index (χ2v) is 4.93. The third kappa shape index (κ3) is 3.57. The molecule has 0 atom stereocenters. The lowest BCUT2D eigenvalue weighted by Gasteiger charge is -2.07. The molecule has 0 fully saturated rings. The van der Waals surface area contributed by atoms with Crippen LogP contribution in [-0.4, -0.2) is 19.5 Å². The Hall–Kier alpha value is -1.88. The van der Waals surface area contributed by atoms with Gasteiger partial charge in [-0.2, -0.15) is 0 Å². The summed E-state index contributed by atoms with van der Waals surface area (Å²) in [6.07, 6.45) is 0. The van der Waals surface area contributed by atoms with Gasteiger partial charge in [0.2, 0.25) is 0 Å². The molecule has 0 aliphatic heterocycles. The van der Waals surface area contributed by atoms with Crippen LogP contribution in [0.4, 0.5) is 4.39 Å². The van der Waals surface area contributed by atoms with Crippen LogP contribution in [0.25, 0.3) is 0 Å².